The van der Waals surface area contributed by atoms with Crippen molar-refractivity contribution < 1.29 is 14.2 Å². The summed E-state index contributed by atoms with van der Waals surface area (Å²) in [6.07, 6.45) is 10.4. The molecule has 1 aliphatic carbocycles. The highest BCUT2D eigenvalue weighted by Crippen LogP contribution is 2.23. The predicted octanol–water partition coefficient (Wildman–Crippen LogP) is 3.72. The van der Waals surface area contributed by atoms with Gasteiger partial charge in [-0.3, -0.25) is 0 Å². The summed E-state index contributed by atoms with van der Waals surface area (Å²) in [5.41, 5.74) is 0. The molecule has 0 unspecified atom stereocenters. The van der Waals surface area contributed by atoms with Crippen LogP contribution in [0.15, 0.2) is 0 Å². The van der Waals surface area contributed by atoms with Crippen LogP contribution in [0.25, 0.3) is 0 Å². The predicted molar refractivity (Wildman–Crippen MR) is 86.7 cm³/mol. The summed E-state index contributed by atoms with van der Waals surface area (Å²) in [5, 5.41) is 0. The quantitative estimate of drug-likeness (QED) is 0.415. The summed E-state index contributed by atoms with van der Waals surface area (Å²) >= 11 is 4.18. The molecule has 0 aromatic carbocycles. The van der Waals surface area contributed by atoms with Crippen molar-refractivity contribution in [3.05, 3.63) is 0 Å². The molecule has 0 amide bonds. The number of hydrogen-bond acceptors (Lipinski definition) is 4. The third-order valence-corrected chi connectivity index (χ3v) is 4.09. The zero-order valence-corrected chi connectivity index (χ0v) is 13.8. The molecule has 1 saturated carbocycles. The Kier molecular flexibility index (Phi) is 13.0. The summed E-state index contributed by atoms with van der Waals surface area (Å²) in [6, 6.07) is 0. The Morgan fingerprint density at radius 2 is 1.35 bits per heavy atom. The van der Waals surface area contributed by atoms with E-state index in [1.807, 2.05) is 0 Å². The second kappa shape index (κ2) is 14.2. The topological polar surface area (TPSA) is 27.7 Å². The van der Waals surface area contributed by atoms with Gasteiger partial charge in [0.25, 0.3) is 0 Å². The van der Waals surface area contributed by atoms with Gasteiger partial charge in [-0.05, 0) is 37.4 Å². The molecule has 0 bridgehead atoms. The highest BCUT2D eigenvalue weighted by Gasteiger charge is 2.12. The number of hydrogen-bond donors (Lipinski definition) is 1. The van der Waals surface area contributed by atoms with E-state index >= 15 is 0 Å². The van der Waals surface area contributed by atoms with Crippen molar-refractivity contribution in [3.8, 4) is 0 Å². The van der Waals surface area contributed by atoms with Crippen molar-refractivity contribution in [2.75, 3.05) is 45.4 Å². The van der Waals surface area contributed by atoms with Gasteiger partial charge in [0.05, 0.1) is 26.4 Å². The average Bonchev–Trinajstić information content (AvgIpc) is 2.49. The molecule has 1 fully saturated rings. The van der Waals surface area contributed by atoms with E-state index in [9.17, 15) is 0 Å². The van der Waals surface area contributed by atoms with Crippen molar-refractivity contribution in [3.63, 3.8) is 0 Å². The van der Waals surface area contributed by atoms with E-state index in [-0.39, 0.29) is 0 Å². The fraction of sp³-hybridized carbons (Fsp3) is 1.00. The molecule has 1 rings (SSSR count). The Balaban J connectivity index is 1.70. The Morgan fingerprint density at radius 3 is 2.05 bits per heavy atom. The number of ether oxygens (including phenoxy) is 3. The lowest BCUT2D eigenvalue weighted by molar-refractivity contribution is 0.00400. The maximum Gasteiger partial charge on any atom is 0.0701 e. The minimum Gasteiger partial charge on any atom is -0.379 e. The van der Waals surface area contributed by atoms with Crippen LogP contribution in [0.4, 0.5) is 0 Å². The third-order valence-electron chi connectivity index (χ3n) is 3.77. The molecular weight excluding hydrogens is 272 g/mol. The summed E-state index contributed by atoms with van der Waals surface area (Å²) in [4.78, 5) is 0. The molecule has 0 aliphatic heterocycles. The fourth-order valence-electron chi connectivity index (χ4n) is 2.54. The van der Waals surface area contributed by atoms with E-state index in [0.29, 0.717) is 19.8 Å². The van der Waals surface area contributed by atoms with Crippen molar-refractivity contribution in [1.29, 1.82) is 0 Å². The van der Waals surface area contributed by atoms with Crippen LogP contribution < -0.4 is 0 Å². The largest absolute Gasteiger partial charge is 0.379 e. The normalized spacial score (nSPS) is 16.6. The van der Waals surface area contributed by atoms with Crippen LogP contribution in [0.3, 0.4) is 0 Å². The Bertz CT molecular complexity index is 196. The first kappa shape index (κ1) is 18.3. The first-order valence-electron chi connectivity index (χ1n) is 8.27. The highest BCUT2D eigenvalue weighted by molar-refractivity contribution is 7.80. The fourth-order valence-corrected chi connectivity index (χ4v) is 2.76. The van der Waals surface area contributed by atoms with Crippen LogP contribution in [-0.4, -0.2) is 45.4 Å². The third kappa shape index (κ3) is 11.0. The zero-order valence-electron chi connectivity index (χ0n) is 12.9. The molecule has 1 aliphatic rings. The lowest BCUT2D eigenvalue weighted by Crippen LogP contribution is -2.16. The van der Waals surface area contributed by atoms with Crippen LogP contribution in [0, 0.1) is 5.92 Å². The van der Waals surface area contributed by atoms with Gasteiger partial charge in [0.15, 0.2) is 0 Å². The molecule has 0 aromatic rings. The SMILES string of the molecule is SCCCCCOCCOCCOCC1CCCCC1. The molecular formula is C16H32O3S. The summed E-state index contributed by atoms with van der Waals surface area (Å²) < 4.78 is 16.7. The monoisotopic (exact) mass is 304 g/mol. The summed E-state index contributed by atoms with van der Waals surface area (Å²) in [7, 11) is 0. The molecule has 20 heavy (non-hydrogen) atoms. The van der Waals surface area contributed by atoms with Gasteiger partial charge < -0.3 is 14.2 Å². The maximum atomic E-state index is 5.67. The summed E-state index contributed by atoms with van der Waals surface area (Å²) in [5.74, 6) is 1.77. The van der Waals surface area contributed by atoms with Crippen LogP contribution >= 0.6 is 12.6 Å². The molecule has 3 nitrogen and oxygen atoms in total. The molecule has 4 heteroatoms. The van der Waals surface area contributed by atoms with Crippen LogP contribution in [0.5, 0.6) is 0 Å². The standard InChI is InChI=1S/C16H32O3S/c20-14-6-2-5-9-17-10-11-18-12-13-19-15-16-7-3-1-4-8-16/h16,20H,1-15H2. The number of thiol groups is 1. The van der Waals surface area contributed by atoms with Gasteiger partial charge in [0.1, 0.15) is 0 Å². The minimum absolute atomic E-state index is 0.680. The van der Waals surface area contributed by atoms with Crippen LogP contribution in [0.2, 0.25) is 0 Å². The highest BCUT2D eigenvalue weighted by atomic mass is 32.1. The van der Waals surface area contributed by atoms with Crippen LogP contribution in [0.1, 0.15) is 51.4 Å². The smallest absolute Gasteiger partial charge is 0.0701 e. The van der Waals surface area contributed by atoms with Gasteiger partial charge >= 0.3 is 0 Å². The van der Waals surface area contributed by atoms with E-state index in [1.165, 1.54) is 44.9 Å². The first-order valence-corrected chi connectivity index (χ1v) is 8.91. The molecule has 0 heterocycles. The Morgan fingerprint density at radius 1 is 0.700 bits per heavy atom. The van der Waals surface area contributed by atoms with E-state index < -0.39 is 0 Å². The van der Waals surface area contributed by atoms with Gasteiger partial charge in [0, 0.05) is 13.2 Å². The van der Waals surface area contributed by atoms with E-state index in [2.05, 4.69) is 12.6 Å². The molecule has 0 N–H and O–H groups in total. The molecule has 120 valence electrons. The van der Waals surface area contributed by atoms with Gasteiger partial charge in [0.2, 0.25) is 0 Å². The maximum absolute atomic E-state index is 5.67. The van der Waals surface area contributed by atoms with Crippen molar-refractivity contribution in [2.24, 2.45) is 5.92 Å². The van der Waals surface area contributed by atoms with Crippen molar-refractivity contribution in [2.45, 2.75) is 51.4 Å². The van der Waals surface area contributed by atoms with Crippen molar-refractivity contribution in [1.82, 2.24) is 0 Å². The number of rotatable bonds is 13. The minimum atomic E-state index is 0.680. The second-order valence-corrected chi connectivity index (χ2v) is 6.04. The van der Waals surface area contributed by atoms with Gasteiger partial charge in [-0.2, -0.15) is 12.6 Å². The van der Waals surface area contributed by atoms with E-state index in [0.717, 1.165) is 37.9 Å². The molecule has 0 spiro atoms. The lowest BCUT2D eigenvalue weighted by atomic mass is 9.90. The average molecular weight is 304 g/mol. The molecule has 0 atom stereocenters. The summed E-state index contributed by atoms with van der Waals surface area (Å²) in [6.45, 7) is 4.55. The Hall–Kier alpha value is 0.230. The molecule has 0 aromatic heterocycles. The van der Waals surface area contributed by atoms with Gasteiger partial charge in [-0.15, -0.1) is 0 Å². The lowest BCUT2D eigenvalue weighted by Gasteiger charge is -2.21. The molecule has 0 radical (unpaired) electrons. The first-order chi connectivity index (χ1) is 9.93. The van der Waals surface area contributed by atoms with Crippen molar-refractivity contribution >= 4 is 12.6 Å². The van der Waals surface area contributed by atoms with Gasteiger partial charge in [-0.1, -0.05) is 25.7 Å². The van der Waals surface area contributed by atoms with Gasteiger partial charge in [-0.25, -0.2) is 0 Å². The van der Waals surface area contributed by atoms with Crippen LogP contribution in [-0.2, 0) is 14.2 Å². The van der Waals surface area contributed by atoms with E-state index in [1.54, 1.807) is 0 Å². The Labute approximate surface area is 130 Å². The molecule has 0 saturated heterocycles. The zero-order chi connectivity index (χ0) is 14.3. The second-order valence-electron chi connectivity index (χ2n) is 5.59. The van der Waals surface area contributed by atoms with E-state index in [4.69, 9.17) is 14.2 Å². The number of unbranched alkanes of at least 4 members (excludes halogenated alkanes) is 2.